The molecule has 0 radical (unpaired) electrons. The Balaban J connectivity index is 2.22. The first-order valence-corrected chi connectivity index (χ1v) is 7.99. The van der Waals surface area contributed by atoms with Gasteiger partial charge < -0.3 is 9.64 Å². The molecule has 126 valence electrons. The highest BCUT2D eigenvalue weighted by atomic mass is 16.5. The summed E-state index contributed by atoms with van der Waals surface area (Å²) in [5, 5.41) is 0. The molecule has 24 heavy (non-hydrogen) atoms. The van der Waals surface area contributed by atoms with Crippen LogP contribution in [0.3, 0.4) is 0 Å². The Morgan fingerprint density at radius 1 is 1.04 bits per heavy atom. The summed E-state index contributed by atoms with van der Waals surface area (Å²) in [6.07, 6.45) is 0. The van der Waals surface area contributed by atoms with Gasteiger partial charge in [-0.15, -0.1) is 0 Å². The third-order valence-corrected chi connectivity index (χ3v) is 3.90. The molecule has 0 aliphatic rings. The van der Waals surface area contributed by atoms with Crippen LogP contribution in [0.1, 0.15) is 28.4 Å². The molecule has 0 N–H and O–H groups in total. The van der Waals surface area contributed by atoms with Gasteiger partial charge in [0.25, 0.3) is 5.91 Å². The molecule has 4 heteroatoms. The number of nitrogens with zero attached hydrogens (tertiary/aromatic N) is 1. The summed E-state index contributed by atoms with van der Waals surface area (Å²) < 4.78 is 4.79. The van der Waals surface area contributed by atoms with Crippen LogP contribution in [0, 0.1) is 12.8 Å². The average Bonchev–Trinajstić information content (AvgIpc) is 2.61. The molecule has 1 unspecified atom stereocenters. The highest BCUT2D eigenvalue weighted by Gasteiger charge is 2.22. The maximum absolute atomic E-state index is 12.9. The maximum Gasteiger partial charge on any atom is 0.310 e. The molecule has 0 heterocycles. The van der Waals surface area contributed by atoms with Crippen molar-refractivity contribution in [2.75, 3.05) is 13.7 Å². The van der Waals surface area contributed by atoms with Crippen molar-refractivity contribution in [1.82, 2.24) is 4.90 Å². The molecular formula is C20H23NO3. The lowest BCUT2D eigenvalue weighted by atomic mass is 10.1. The monoisotopic (exact) mass is 325 g/mol. The summed E-state index contributed by atoms with van der Waals surface area (Å²) in [4.78, 5) is 26.3. The third-order valence-electron chi connectivity index (χ3n) is 3.90. The maximum atomic E-state index is 12.9. The number of rotatable bonds is 6. The number of amides is 1. The van der Waals surface area contributed by atoms with Crippen molar-refractivity contribution >= 4 is 11.9 Å². The second-order valence-corrected chi connectivity index (χ2v) is 5.96. The van der Waals surface area contributed by atoms with Gasteiger partial charge in [0.1, 0.15) is 0 Å². The molecular weight excluding hydrogens is 302 g/mol. The van der Waals surface area contributed by atoms with Crippen molar-refractivity contribution < 1.29 is 14.3 Å². The Morgan fingerprint density at radius 2 is 1.67 bits per heavy atom. The zero-order chi connectivity index (χ0) is 17.5. The van der Waals surface area contributed by atoms with E-state index in [-0.39, 0.29) is 17.8 Å². The number of hydrogen-bond acceptors (Lipinski definition) is 3. The van der Waals surface area contributed by atoms with Crippen LogP contribution in [0.5, 0.6) is 0 Å². The Kier molecular flexibility index (Phi) is 6.13. The second-order valence-electron chi connectivity index (χ2n) is 5.96. The smallest absolute Gasteiger partial charge is 0.310 e. The van der Waals surface area contributed by atoms with Gasteiger partial charge in [-0.05, 0) is 24.6 Å². The van der Waals surface area contributed by atoms with Gasteiger partial charge in [-0.3, -0.25) is 9.59 Å². The van der Waals surface area contributed by atoms with Gasteiger partial charge in [0, 0.05) is 18.7 Å². The number of carbonyl (C=O) groups is 2. The molecule has 0 aromatic heterocycles. The molecule has 0 saturated heterocycles. The summed E-state index contributed by atoms with van der Waals surface area (Å²) in [6.45, 7) is 4.52. The number of ether oxygens (including phenoxy) is 1. The SMILES string of the molecule is COC(=O)C(C)CN(Cc1ccccc1)C(=O)c1ccc(C)cc1. The van der Waals surface area contributed by atoms with E-state index in [0.29, 0.717) is 18.7 Å². The normalized spacial score (nSPS) is 11.6. The predicted octanol–water partition coefficient (Wildman–Crippen LogP) is 3.45. The molecule has 4 nitrogen and oxygen atoms in total. The Hall–Kier alpha value is -2.62. The van der Waals surface area contributed by atoms with Crippen LogP contribution in [0.4, 0.5) is 0 Å². The van der Waals surface area contributed by atoms with Crippen LogP contribution in [0.25, 0.3) is 0 Å². The Morgan fingerprint density at radius 3 is 2.25 bits per heavy atom. The molecule has 0 fully saturated rings. The number of methoxy groups -OCH3 is 1. The molecule has 1 amide bonds. The molecule has 0 aliphatic heterocycles. The van der Waals surface area contributed by atoms with Crippen LogP contribution >= 0.6 is 0 Å². The number of esters is 1. The predicted molar refractivity (Wildman–Crippen MR) is 93.5 cm³/mol. The van der Waals surface area contributed by atoms with E-state index in [4.69, 9.17) is 4.74 Å². The quantitative estimate of drug-likeness (QED) is 0.764. The fourth-order valence-corrected chi connectivity index (χ4v) is 2.51. The second kappa shape index (κ2) is 8.29. The standard InChI is InChI=1S/C20H23NO3/c1-15-9-11-18(12-10-15)19(22)21(13-16(2)20(23)24-3)14-17-7-5-4-6-8-17/h4-12,16H,13-14H2,1-3H3. The highest BCUT2D eigenvalue weighted by molar-refractivity contribution is 5.94. The van der Waals surface area contributed by atoms with Crippen LogP contribution < -0.4 is 0 Å². The number of carbonyl (C=O) groups excluding carboxylic acids is 2. The van der Waals surface area contributed by atoms with Crippen LogP contribution in [0.15, 0.2) is 54.6 Å². The summed E-state index contributed by atoms with van der Waals surface area (Å²) in [5.74, 6) is -0.785. The van der Waals surface area contributed by atoms with Crippen molar-refractivity contribution in [3.63, 3.8) is 0 Å². The fourth-order valence-electron chi connectivity index (χ4n) is 2.51. The van der Waals surface area contributed by atoms with Gasteiger partial charge in [0.05, 0.1) is 13.0 Å². The molecule has 1 atom stereocenters. The molecule has 0 aliphatic carbocycles. The first-order chi connectivity index (χ1) is 11.5. The molecule has 0 saturated carbocycles. The van der Waals surface area contributed by atoms with Gasteiger partial charge in [0.2, 0.25) is 0 Å². The van der Waals surface area contributed by atoms with Crippen LogP contribution in [-0.4, -0.2) is 30.4 Å². The lowest BCUT2D eigenvalue weighted by Gasteiger charge is -2.25. The average molecular weight is 325 g/mol. The van der Waals surface area contributed by atoms with Crippen molar-refractivity contribution in [1.29, 1.82) is 0 Å². The summed E-state index contributed by atoms with van der Waals surface area (Å²) in [5.41, 5.74) is 2.74. The fraction of sp³-hybridized carbons (Fsp3) is 0.300. The van der Waals surface area contributed by atoms with Gasteiger partial charge in [0.15, 0.2) is 0 Å². The molecule has 2 aromatic rings. The van der Waals surface area contributed by atoms with E-state index in [0.717, 1.165) is 11.1 Å². The van der Waals surface area contributed by atoms with Crippen LogP contribution in [0.2, 0.25) is 0 Å². The lowest BCUT2D eigenvalue weighted by Crippen LogP contribution is -2.36. The summed E-state index contributed by atoms with van der Waals surface area (Å²) in [7, 11) is 1.36. The van der Waals surface area contributed by atoms with Crippen molar-refractivity contribution in [2.24, 2.45) is 5.92 Å². The van der Waals surface area contributed by atoms with Gasteiger partial charge in [-0.2, -0.15) is 0 Å². The zero-order valence-corrected chi connectivity index (χ0v) is 14.4. The summed E-state index contributed by atoms with van der Waals surface area (Å²) >= 11 is 0. The van der Waals surface area contributed by atoms with E-state index < -0.39 is 0 Å². The van der Waals surface area contributed by atoms with E-state index in [1.165, 1.54) is 7.11 Å². The van der Waals surface area contributed by atoms with Gasteiger partial charge >= 0.3 is 5.97 Å². The zero-order valence-electron chi connectivity index (χ0n) is 14.4. The molecule has 0 spiro atoms. The molecule has 2 rings (SSSR count). The van der Waals surface area contributed by atoms with Crippen molar-refractivity contribution in [3.8, 4) is 0 Å². The number of hydrogen-bond donors (Lipinski definition) is 0. The van der Waals surface area contributed by atoms with E-state index in [1.54, 1.807) is 11.8 Å². The van der Waals surface area contributed by atoms with E-state index in [1.807, 2.05) is 61.5 Å². The van der Waals surface area contributed by atoms with Gasteiger partial charge in [-0.1, -0.05) is 55.0 Å². The molecule has 2 aromatic carbocycles. The van der Waals surface area contributed by atoms with Gasteiger partial charge in [-0.25, -0.2) is 0 Å². The minimum absolute atomic E-state index is 0.0883. The van der Waals surface area contributed by atoms with E-state index in [2.05, 4.69) is 0 Å². The highest BCUT2D eigenvalue weighted by Crippen LogP contribution is 2.14. The number of benzene rings is 2. The van der Waals surface area contributed by atoms with Crippen molar-refractivity contribution in [2.45, 2.75) is 20.4 Å². The molecule has 0 bridgehead atoms. The van der Waals surface area contributed by atoms with Crippen molar-refractivity contribution in [3.05, 3.63) is 71.3 Å². The Labute approximate surface area is 143 Å². The topological polar surface area (TPSA) is 46.6 Å². The lowest BCUT2D eigenvalue weighted by molar-refractivity contribution is -0.145. The first-order valence-electron chi connectivity index (χ1n) is 7.99. The minimum atomic E-state index is -0.381. The van der Waals surface area contributed by atoms with E-state index >= 15 is 0 Å². The summed E-state index contributed by atoms with van der Waals surface area (Å²) in [6, 6.07) is 17.2. The largest absolute Gasteiger partial charge is 0.469 e. The minimum Gasteiger partial charge on any atom is -0.469 e. The van der Waals surface area contributed by atoms with E-state index in [9.17, 15) is 9.59 Å². The number of aryl methyl sites for hydroxylation is 1. The third kappa shape index (κ3) is 4.69. The Bertz CT molecular complexity index is 680. The first kappa shape index (κ1) is 17.7. The van der Waals surface area contributed by atoms with Crippen LogP contribution in [-0.2, 0) is 16.1 Å².